The van der Waals surface area contributed by atoms with Gasteiger partial charge in [0.25, 0.3) is 0 Å². The van der Waals surface area contributed by atoms with E-state index in [9.17, 15) is 9.59 Å². The van der Waals surface area contributed by atoms with Gasteiger partial charge in [-0.05, 0) is 0 Å². The quantitative estimate of drug-likeness (QED) is 0.296. The first-order valence-electron chi connectivity index (χ1n) is 2.28. The number of aliphatic hydroxyl groups excluding tert-OH is 2. The molecular formula is C4H12N2O6. The van der Waals surface area contributed by atoms with Crippen molar-refractivity contribution in [3.8, 4) is 0 Å². The molecule has 0 heterocycles. The third kappa shape index (κ3) is 4.57. The molecule has 0 radical (unpaired) electrons. The summed E-state index contributed by atoms with van der Waals surface area (Å²) in [7, 11) is 0. The Morgan fingerprint density at radius 3 is 1.08 bits per heavy atom. The van der Waals surface area contributed by atoms with E-state index < -0.39 is 24.1 Å². The van der Waals surface area contributed by atoms with Crippen LogP contribution < -0.4 is 12.3 Å². The van der Waals surface area contributed by atoms with E-state index in [1.54, 1.807) is 0 Å². The maximum atomic E-state index is 9.77. The average Bonchev–Trinajstić information content (AvgIpc) is 1.84. The molecule has 0 aromatic rings. The number of carbonyl (C=O) groups is 2. The summed E-state index contributed by atoms with van der Waals surface area (Å²) in [5.41, 5.74) is 0. The third-order valence-electron chi connectivity index (χ3n) is 0.805. The number of rotatable bonds is 3. The highest BCUT2D eigenvalue weighted by molar-refractivity contribution is 5.82. The molecule has 0 aliphatic carbocycles. The number of carboxylic acids is 2. The normalized spacial score (nSPS) is 13.2. The van der Waals surface area contributed by atoms with Crippen molar-refractivity contribution >= 4 is 11.9 Å². The van der Waals surface area contributed by atoms with Gasteiger partial charge in [0.1, 0.15) is 0 Å². The number of aliphatic hydroxyl groups is 2. The summed E-state index contributed by atoms with van der Waals surface area (Å²) < 4.78 is 0. The smallest absolute Gasteiger partial charge is 0.335 e. The minimum atomic E-state index is -2.27. The fraction of sp³-hybridized carbons (Fsp3) is 0.500. The molecule has 0 saturated heterocycles. The lowest BCUT2D eigenvalue weighted by molar-refractivity contribution is -0.165. The van der Waals surface area contributed by atoms with E-state index in [1.165, 1.54) is 0 Å². The van der Waals surface area contributed by atoms with Gasteiger partial charge in [-0.25, -0.2) is 9.59 Å². The van der Waals surface area contributed by atoms with Crippen molar-refractivity contribution in [3.63, 3.8) is 0 Å². The fourth-order valence-corrected chi connectivity index (χ4v) is 0.270. The molecule has 8 heteroatoms. The highest BCUT2D eigenvalue weighted by Gasteiger charge is 2.29. The Morgan fingerprint density at radius 2 is 1.00 bits per heavy atom. The Hall–Kier alpha value is -1.22. The lowest BCUT2D eigenvalue weighted by atomic mass is 10.2. The van der Waals surface area contributed by atoms with Crippen LogP contribution in [0.3, 0.4) is 0 Å². The Balaban J connectivity index is -0.000000405. The van der Waals surface area contributed by atoms with Crippen LogP contribution in [0.4, 0.5) is 0 Å². The van der Waals surface area contributed by atoms with Crippen LogP contribution in [0.25, 0.3) is 0 Å². The molecule has 10 N–H and O–H groups in total. The molecule has 0 saturated carbocycles. The van der Waals surface area contributed by atoms with Crippen LogP contribution in [-0.2, 0) is 9.59 Å². The molecule has 74 valence electrons. The summed E-state index contributed by atoms with van der Waals surface area (Å²) in [4.78, 5) is 19.5. The first kappa shape index (κ1) is 17.0. The van der Waals surface area contributed by atoms with Gasteiger partial charge < -0.3 is 32.7 Å². The van der Waals surface area contributed by atoms with E-state index in [0.29, 0.717) is 0 Å². The number of hydrogen-bond acceptors (Lipinski definition) is 6. The molecule has 0 aromatic carbocycles. The fourth-order valence-electron chi connectivity index (χ4n) is 0.270. The Kier molecular flexibility index (Phi) is 9.21. The second-order valence-electron chi connectivity index (χ2n) is 1.57. The predicted octanol–water partition coefficient (Wildman–Crippen LogP) is -1.80. The van der Waals surface area contributed by atoms with Crippen molar-refractivity contribution in [1.29, 1.82) is 0 Å². The van der Waals surface area contributed by atoms with Crippen molar-refractivity contribution in [3.05, 3.63) is 0 Å². The summed E-state index contributed by atoms with van der Waals surface area (Å²) in [5, 5.41) is 32.5. The zero-order valence-corrected chi connectivity index (χ0v) is 6.17. The summed E-state index contributed by atoms with van der Waals surface area (Å²) in [5.74, 6) is -3.54. The topological polar surface area (TPSA) is 185 Å². The van der Waals surface area contributed by atoms with E-state index in [4.69, 9.17) is 20.4 Å². The van der Waals surface area contributed by atoms with E-state index in [-0.39, 0.29) is 12.3 Å². The minimum absolute atomic E-state index is 0. The monoisotopic (exact) mass is 184 g/mol. The van der Waals surface area contributed by atoms with Gasteiger partial charge in [-0.2, -0.15) is 0 Å². The van der Waals surface area contributed by atoms with Crippen LogP contribution in [0.2, 0.25) is 0 Å². The largest absolute Gasteiger partial charge is 0.479 e. The predicted molar refractivity (Wildman–Crippen MR) is 37.3 cm³/mol. The highest BCUT2D eigenvalue weighted by atomic mass is 16.4. The van der Waals surface area contributed by atoms with Crippen LogP contribution >= 0.6 is 0 Å². The van der Waals surface area contributed by atoms with Crippen LogP contribution in [0.1, 0.15) is 0 Å². The molecule has 12 heavy (non-hydrogen) atoms. The Labute approximate surface area is 67.6 Å². The first-order valence-corrected chi connectivity index (χ1v) is 2.28. The van der Waals surface area contributed by atoms with Crippen molar-refractivity contribution in [2.45, 2.75) is 12.2 Å². The second-order valence-corrected chi connectivity index (χ2v) is 1.57. The molecule has 8 nitrogen and oxygen atoms in total. The molecular weight excluding hydrogens is 172 g/mol. The SMILES string of the molecule is N.N.O=C(O)[C@@H](O)[C@H](O)C(=O)O. The van der Waals surface area contributed by atoms with Crippen molar-refractivity contribution < 1.29 is 30.0 Å². The van der Waals surface area contributed by atoms with E-state index in [0.717, 1.165) is 0 Å². The van der Waals surface area contributed by atoms with Gasteiger partial charge in [0.05, 0.1) is 0 Å². The van der Waals surface area contributed by atoms with Gasteiger partial charge in [0.2, 0.25) is 0 Å². The maximum absolute atomic E-state index is 9.77. The molecule has 0 amide bonds. The molecule has 0 rings (SSSR count). The van der Waals surface area contributed by atoms with Crippen LogP contribution in [0.15, 0.2) is 0 Å². The number of carboxylic acid groups (broad SMARTS) is 2. The van der Waals surface area contributed by atoms with Crippen molar-refractivity contribution in [1.82, 2.24) is 12.3 Å². The van der Waals surface area contributed by atoms with Gasteiger partial charge in [-0.15, -0.1) is 0 Å². The molecule has 0 aromatic heterocycles. The standard InChI is InChI=1S/C4H6O6.2H3N/c5-1(3(7)8)2(6)4(9)10;;/h1-2,5-6H,(H,7,8)(H,9,10);2*1H3/t1-,2-;;/m0../s1. The third-order valence-corrected chi connectivity index (χ3v) is 0.805. The van der Waals surface area contributed by atoms with E-state index >= 15 is 0 Å². The summed E-state index contributed by atoms with van der Waals surface area (Å²) >= 11 is 0. The summed E-state index contributed by atoms with van der Waals surface area (Å²) in [6.07, 6.45) is -4.53. The summed E-state index contributed by atoms with van der Waals surface area (Å²) in [6, 6.07) is 0. The lowest BCUT2D eigenvalue weighted by Crippen LogP contribution is -2.39. The summed E-state index contributed by atoms with van der Waals surface area (Å²) in [6.45, 7) is 0. The molecule has 0 fully saturated rings. The second kappa shape index (κ2) is 6.49. The van der Waals surface area contributed by atoms with Crippen LogP contribution in [0.5, 0.6) is 0 Å². The van der Waals surface area contributed by atoms with Gasteiger partial charge in [-0.1, -0.05) is 0 Å². The average molecular weight is 184 g/mol. The molecule has 0 bridgehead atoms. The number of aliphatic carboxylic acids is 2. The lowest BCUT2D eigenvalue weighted by Gasteiger charge is -2.07. The van der Waals surface area contributed by atoms with Gasteiger partial charge >= 0.3 is 11.9 Å². The molecule has 0 spiro atoms. The zero-order chi connectivity index (χ0) is 8.31. The Bertz CT molecular complexity index is 142. The minimum Gasteiger partial charge on any atom is -0.479 e. The molecule has 0 unspecified atom stereocenters. The Morgan fingerprint density at radius 1 is 0.833 bits per heavy atom. The van der Waals surface area contributed by atoms with Gasteiger partial charge in [-0.3, -0.25) is 0 Å². The molecule has 0 aliphatic heterocycles. The molecule has 2 atom stereocenters. The zero-order valence-electron chi connectivity index (χ0n) is 6.17. The van der Waals surface area contributed by atoms with Crippen molar-refractivity contribution in [2.24, 2.45) is 0 Å². The van der Waals surface area contributed by atoms with E-state index in [1.807, 2.05) is 0 Å². The number of hydrogen-bond donors (Lipinski definition) is 6. The maximum Gasteiger partial charge on any atom is 0.335 e. The van der Waals surface area contributed by atoms with Gasteiger partial charge in [0, 0.05) is 0 Å². The molecule has 0 aliphatic rings. The van der Waals surface area contributed by atoms with Gasteiger partial charge in [0.15, 0.2) is 12.2 Å². The highest BCUT2D eigenvalue weighted by Crippen LogP contribution is 1.92. The van der Waals surface area contributed by atoms with E-state index in [2.05, 4.69) is 0 Å². The first-order chi connectivity index (χ1) is 4.46. The van der Waals surface area contributed by atoms with Crippen molar-refractivity contribution in [2.75, 3.05) is 0 Å². The van der Waals surface area contributed by atoms with Crippen LogP contribution in [0, 0.1) is 0 Å². The van der Waals surface area contributed by atoms with Crippen LogP contribution in [-0.4, -0.2) is 44.6 Å².